The van der Waals surface area contributed by atoms with Gasteiger partial charge in [0.25, 0.3) is 11.8 Å². The third-order valence-corrected chi connectivity index (χ3v) is 17.2. The van der Waals surface area contributed by atoms with E-state index < -0.39 is 61.9 Å². The fourth-order valence-corrected chi connectivity index (χ4v) is 12.2. The van der Waals surface area contributed by atoms with Crippen molar-refractivity contribution < 1.29 is 36.9 Å². The Hall–Kier alpha value is -4.73. The number of hydrogen-bond donors (Lipinski definition) is 3. The first-order valence-corrected chi connectivity index (χ1v) is 24.3. The molecule has 1 saturated heterocycles. The van der Waals surface area contributed by atoms with Crippen LogP contribution in [0.1, 0.15) is 106 Å². The van der Waals surface area contributed by atoms with Gasteiger partial charge in [0.05, 0.1) is 23.1 Å². The number of pyridine rings is 1. The molecular formula is C43H52N7O8PS2. The summed E-state index contributed by atoms with van der Waals surface area (Å²) < 4.78 is 38.4. The minimum Gasteiger partial charge on any atom is -0.496 e. The standard InChI is InChI=1S/C43H52N7O8PS2/c1-24(2)32-23-60-39(46-32)31-20-35(28-13-14-34(57-5)25(3)36(28)44-31)59-27-19-33-38(52)47-43(41(54)49-61(55,56)42(4)16-17-42)21-26(43)11-9-7-6-8-10-12-30(40(53)50(33)22-27)45-37(51)29-15-18-58-48-29/h9,11,13-15,18,20,23-24,26-27,30,33,59H,6-8,10,12,16-17,19,21-22H2,1-5H3,(H,45,51)(H,47,52)(H,49,54)/b11-9-/t26-,27-,30+,33+,43-/m1/s1. The molecule has 8 rings (SSSR count). The average molecular weight is 890 g/mol. The van der Waals surface area contributed by atoms with Gasteiger partial charge in [-0.05, 0) is 88.2 Å². The molecule has 15 nitrogen and oxygen atoms in total. The summed E-state index contributed by atoms with van der Waals surface area (Å²) in [6, 6.07) is 5.39. The summed E-state index contributed by atoms with van der Waals surface area (Å²) >= 11 is 1.53. The number of thiazole rings is 1. The van der Waals surface area contributed by atoms with Crippen molar-refractivity contribution in [3.63, 3.8) is 0 Å². The quantitative estimate of drug-likeness (QED) is 0.139. The lowest BCUT2D eigenvalue weighted by Gasteiger charge is -2.30. The summed E-state index contributed by atoms with van der Waals surface area (Å²) in [5.74, 6) is -1.80. The second-order valence-corrected chi connectivity index (χ2v) is 22.0. The maximum absolute atomic E-state index is 14.8. The van der Waals surface area contributed by atoms with Gasteiger partial charge in [-0.2, -0.15) is 0 Å². The van der Waals surface area contributed by atoms with Crippen LogP contribution in [0.4, 0.5) is 0 Å². The van der Waals surface area contributed by atoms with E-state index in [2.05, 4.69) is 40.4 Å². The molecule has 0 bridgehead atoms. The molecule has 4 amide bonds. The molecule has 1 aromatic carbocycles. The van der Waals surface area contributed by atoms with Crippen LogP contribution in [-0.2, 0) is 24.4 Å². The van der Waals surface area contributed by atoms with Crippen LogP contribution < -0.4 is 25.4 Å². The minimum absolute atomic E-state index is 0.0275. The molecule has 5 heterocycles. The number of carbonyl (C=O) groups excluding carboxylic acids is 4. The predicted molar refractivity (Wildman–Crippen MR) is 234 cm³/mol. The number of ether oxygens (including phenoxy) is 1. The Morgan fingerprint density at radius 3 is 2.64 bits per heavy atom. The molecule has 3 fully saturated rings. The number of benzene rings is 1. The Labute approximate surface area is 361 Å². The molecule has 18 heteroatoms. The maximum atomic E-state index is 14.8. The number of carbonyl (C=O) groups is 4. The fraction of sp³-hybridized carbons (Fsp3) is 0.512. The van der Waals surface area contributed by atoms with Gasteiger partial charge in [-0.25, -0.2) is 18.4 Å². The van der Waals surface area contributed by atoms with Gasteiger partial charge in [0.1, 0.15) is 40.3 Å². The molecule has 0 spiro atoms. The van der Waals surface area contributed by atoms with E-state index in [9.17, 15) is 27.6 Å². The zero-order valence-corrected chi connectivity index (χ0v) is 37.6. The molecule has 1 unspecified atom stereocenters. The largest absolute Gasteiger partial charge is 0.496 e. The number of aryl methyl sites for hydroxylation is 1. The summed E-state index contributed by atoms with van der Waals surface area (Å²) in [5, 5.41) is 14.4. The van der Waals surface area contributed by atoms with Crippen molar-refractivity contribution in [3.8, 4) is 16.5 Å². The minimum atomic E-state index is -4.00. The van der Waals surface area contributed by atoms with E-state index in [0.717, 1.165) is 51.0 Å². The number of amides is 4. The van der Waals surface area contributed by atoms with E-state index in [1.807, 2.05) is 36.6 Å². The van der Waals surface area contributed by atoms with E-state index in [4.69, 9.17) is 19.2 Å². The van der Waals surface area contributed by atoms with Crippen molar-refractivity contribution >= 4 is 69.8 Å². The second-order valence-electron chi connectivity index (χ2n) is 17.3. The lowest BCUT2D eigenvalue weighted by atomic mass is 10.0. The van der Waals surface area contributed by atoms with Crippen molar-refractivity contribution in [2.45, 2.75) is 119 Å². The smallest absolute Gasteiger partial charge is 0.274 e. The number of aromatic nitrogens is 3. The van der Waals surface area contributed by atoms with Crippen LogP contribution in [-0.4, -0.2) is 93.8 Å². The van der Waals surface area contributed by atoms with Gasteiger partial charge in [0.2, 0.25) is 21.8 Å². The average Bonchev–Trinajstić information content (AvgIpc) is 3.80. The van der Waals surface area contributed by atoms with Crippen molar-refractivity contribution in [2.75, 3.05) is 13.7 Å². The van der Waals surface area contributed by atoms with Crippen LogP contribution in [0.2, 0.25) is 0 Å². The Kier molecular flexibility index (Phi) is 11.9. The van der Waals surface area contributed by atoms with E-state index in [0.29, 0.717) is 37.9 Å². The molecule has 0 radical (unpaired) electrons. The first kappa shape index (κ1) is 42.9. The highest BCUT2D eigenvalue weighted by Crippen LogP contribution is 2.48. The molecule has 324 valence electrons. The van der Waals surface area contributed by atoms with Crippen LogP contribution in [0.25, 0.3) is 21.6 Å². The third kappa shape index (κ3) is 8.57. The predicted octanol–water partition coefficient (Wildman–Crippen LogP) is 5.25. The van der Waals surface area contributed by atoms with Crippen LogP contribution in [0.15, 0.2) is 52.6 Å². The van der Waals surface area contributed by atoms with Gasteiger partial charge in [-0.3, -0.25) is 23.9 Å². The number of rotatable bonds is 10. The van der Waals surface area contributed by atoms with Crippen LogP contribution in [0.3, 0.4) is 0 Å². The zero-order chi connectivity index (χ0) is 43.3. The van der Waals surface area contributed by atoms with Crippen molar-refractivity contribution in [2.24, 2.45) is 5.92 Å². The van der Waals surface area contributed by atoms with Gasteiger partial charge in [0, 0.05) is 40.5 Å². The van der Waals surface area contributed by atoms with E-state index >= 15 is 0 Å². The van der Waals surface area contributed by atoms with Crippen LogP contribution in [0.5, 0.6) is 5.75 Å². The van der Waals surface area contributed by atoms with E-state index in [1.54, 1.807) is 14.0 Å². The van der Waals surface area contributed by atoms with Gasteiger partial charge < -0.3 is 24.8 Å². The number of sulfonamides is 1. The lowest BCUT2D eigenvalue weighted by Crippen LogP contribution is -2.58. The summed E-state index contributed by atoms with van der Waals surface area (Å²) in [4.78, 5) is 68.5. The highest BCUT2D eigenvalue weighted by molar-refractivity contribution is 7.91. The van der Waals surface area contributed by atoms with E-state index in [1.165, 1.54) is 28.6 Å². The zero-order valence-electron chi connectivity index (χ0n) is 34.9. The Bertz CT molecular complexity index is 2500. The highest BCUT2D eigenvalue weighted by atomic mass is 32.2. The van der Waals surface area contributed by atoms with Gasteiger partial charge in [0.15, 0.2) is 5.69 Å². The summed E-state index contributed by atoms with van der Waals surface area (Å²) in [5.41, 5.74) is 1.66. The third-order valence-electron chi connectivity index (χ3n) is 12.6. The van der Waals surface area contributed by atoms with Gasteiger partial charge >= 0.3 is 0 Å². The molecular weight excluding hydrogens is 838 g/mol. The van der Waals surface area contributed by atoms with Gasteiger partial charge in [-0.15, -0.1) is 11.3 Å². The fourth-order valence-electron chi connectivity index (χ4n) is 8.32. The van der Waals surface area contributed by atoms with Crippen molar-refractivity contribution in [3.05, 3.63) is 65.0 Å². The molecule has 2 aliphatic carbocycles. The first-order valence-electron chi connectivity index (χ1n) is 20.9. The molecule has 4 aromatic rings. The highest BCUT2D eigenvalue weighted by Gasteiger charge is 2.63. The van der Waals surface area contributed by atoms with E-state index in [-0.39, 0.29) is 45.2 Å². The molecule has 2 aliphatic heterocycles. The molecule has 3 aromatic heterocycles. The molecule has 61 heavy (non-hydrogen) atoms. The normalized spacial score (nSPS) is 26.0. The molecule has 6 atom stereocenters. The number of nitrogens with zero attached hydrogens (tertiary/aromatic N) is 4. The van der Waals surface area contributed by atoms with Crippen molar-refractivity contribution in [1.29, 1.82) is 0 Å². The van der Waals surface area contributed by atoms with Gasteiger partial charge in [-0.1, -0.05) is 52.6 Å². The lowest BCUT2D eigenvalue weighted by molar-refractivity contribution is -0.141. The Morgan fingerprint density at radius 2 is 1.93 bits per heavy atom. The number of allylic oxidation sites excluding steroid dienone is 1. The molecule has 3 N–H and O–H groups in total. The van der Waals surface area contributed by atoms with Crippen LogP contribution in [0, 0.1) is 12.8 Å². The SMILES string of the molecule is COc1ccc2c(P[C@@H]3C[C@H]4C(=O)N[C@]5(C(=O)NS(=O)(=O)C6(C)CC6)C[C@H]5/C=C\CCCCC[C@H](NC(=O)c5ccon5)C(=O)N4C3)cc(-c3nc(C(C)C)cs3)nc2c1C. The Balaban J connectivity index is 1.15. The van der Waals surface area contributed by atoms with Crippen molar-refractivity contribution in [1.82, 2.24) is 35.4 Å². The number of nitrogens with one attached hydrogen (secondary N) is 3. The monoisotopic (exact) mass is 889 g/mol. The number of methoxy groups -OCH3 is 1. The molecule has 2 saturated carbocycles. The summed E-state index contributed by atoms with van der Waals surface area (Å²) in [6.45, 7) is 7.96. The number of fused-ring (bicyclic) bond motifs is 3. The Morgan fingerprint density at radius 1 is 1.13 bits per heavy atom. The van der Waals surface area contributed by atoms with Crippen LogP contribution >= 0.6 is 19.9 Å². The summed E-state index contributed by atoms with van der Waals surface area (Å²) in [7, 11) is -2.25. The molecule has 4 aliphatic rings. The second kappa shape index (κ2) is 16.9. The summed E-state index contributed by atoms with van der Waals surface area (Å²) in [6.07, 6.45) is 9.74. The number of hydrogen-bond acceptors (Lipinski definition) is 12. The maximum Gasteiger partial charge on any atom is 0.274 e. The first-order chi connectivity index (χ1) is 29.1. The topological polar surface area (TPSA) is 203 Å².